The maximum Gasteiger partial charge on any atom is 0.279 e. The Balaban J connectivity index is 2.17. The lowest BCUT2D eigenvalue weighted by Crippen LogP contribution is -2.17. The van der Waals surface area contributed by atoms with Crippen molar-refractivity contribution in [3.8, 4) is 0 Å². The van der Waals surface area contributed by atoms with Crippen LogP contribution in [0.15, 0.2) is 58.9 Å². The van der Waals surface area contributed by atoms with E-state index < -0.39 is 21.0 Å². The van der Waals surface area contributed by atoms with Gasteiger partial charge < -0.3 is 4.57 Å². The first-order valence-electron chi connectivity index (χ1n) is 8.68. The molecule has 0 aliphatic rings. The van der Waals surface area contributed by atoms with Gasteiger partial charge in [0.2, 0.25) is 0 Å². The topological polar surface area (TPSA) is 68.5 Å². The molecule has 1 heterocycles. The van der Waals surface area contributed by atoms with E-state index >= 15 is 0 Å². The molecule has 0 bridgehead atoms. The molecule has 0 aliphatic heterocycles. The van der Waals surface area contributed by atoms with Gasteiger partial charge in [0.25, 0.3) is 5.91 Å². The molecule has 9 heteroatoms. The van der Waals surface area contributed by atoms with Crippen molar-refractivity contribution < 1.29 is 13.2 Å². The maximum absolute atomic E-state index is 12.8. The average Bonchev–Trinajstić information content (AvgIpc) is 3.04. The van der Waals surface area contributed by atoms with E-state index in [2.05, 4.69) is 11.6 Å². The normalized spacial score (nSPS) is 12.7. The summed E-state index contributed by atoms with van der Waals surface area (Å²) in [5, 5.41) is 0.402. The largest absolute Gasteiger partial charge is 0.311 e. The second-order valence-electron chi connectivity index (χ2n) is 6.53. The second-order valence-corrected chi connectivity index (χ2v) is 10.8. The fourth-order valence-corrected chi connectivity index (χ4v) is 5.48. The number of benzene rings is 2. The number of sulfone groups is 1. The Morgan fingerprint density at radius 1 is 1.24 bits per heavy atom. The highest BCUT2D eigenvalue weighted by atomic mass is 35.5. The Morgan fingerprint density at radius 3 is 2.59 bits per heavy atom. The van der Waals surface area contributed by atoms with Crippen LogP contribution in [0.1, 0.15) is 24.2 Å². The van der Waals surface area contributed by atoms with Crippen LogP contribution in [0.2, 0.25) is 10.0 Å². The first-order chi connectivity index (χ1) is 13.7. The van der Waals surface area contributed by atoms with E-state index in [0.29, 0.717) is 31.6 Å². The lowest BCUT2D eigenvalue weighted by Gasteiger charge is -2.08. The Kier molecular flexibility index (Phi) is 6.33. The molecule has 0 aliphatic carbocycles. The van der Waals surface area contributed by atoms with Crippen LogP contribution in [0.25, 0.3) is 10.2 Å². The summed E-state index contributed by atoms with van der Waals surface area (Å²) in [6, 6.07) is 9.28. The number of carbonyl (C=O) groups excluding carboxylic acids is 1. The summed E-state index contributed by atoms with van der Waals surface area (Å²) in [7, 11) is -3.50. The number of aromatic nitrogens is 1. The Hall–Kier alpha value is -1.93. The fourth-order valence-electron chi connectivity index (χ4n) is 2.72. The minimum absolute atomic E-state index is 0.0925. The van der Waals surface area contributed by atoms with Gasteiger partial charge >= 0.3 is 0 Å². The zero-order chi connectivity index (χ0) is 21.3. The molecular weight excluding hydrogens is 451 g/mol. The third-order valence-corrected chi connectivity index (χ3v) is 8.26. The van der Waals surface area contributed by atoms with Gasteiger partial charge in [0, 0.05) is 12.1 Å². The van der Waals surface area contributed by atoms with Crippen LogP contribution in [0.4, 0.5) is 0 Å². The van der Waals surface area contributed by atoms with Gasteiger partial charge in [-0.3, -0.25) is 4.79 Å². The summed E-state index contributed by atoms with van der Waals surface area (Å²) >= 11 is 13.9. The molecule has 0 saturated carbocycles. The van der Waals surface area contributed by atoms with Gasteiger partial charge in [-0.2, -0.15) is 4.99 Å². The number of allylic oxidation sites excluding steroid dienone is 1. The van der Waals surface area contributed by atoms with E-state index in [1.807, 2.05) is 0 Å². The van der Waals surface area contributed by atoms with Gasteiger partial charge in [-0.05, 0) is 44.2 Å². The molecule has 3 rings (SSSR count). The van der Waals surface area contributed by atoms with Crippen molar-refractivity contribution in [2.45, 2.75) is 30.5 Å². The Morgan fingerprint density at radius 2 is 1.93 bits per heavy atom. The summed E-state index contributed by atoms with van der Waals surface area (Å²) in [6.45, 7) is 7.31. The van der Waals surface area contributed by atoms with Crippen LogP contribution in [0, 0.1) is 0 Å². The number of hydrogen-bond acceptors (Lipinski definition) is 4. The second kappa shape index (κ2) is 8.44. The molecule has 29 heavy (non-hydrogen) atoms. The number of carbonyl (C=O) groups is 1. The zero-order valence-corrected chi connectivity index (χ0v) is 18.9. The van der Waals surface area contributed by atoms with Gasteiger partial charge in [0.15, 0.2) is 14.6 Å². The lowest BCUT2D eigenvalue weighted by molar-refractivity contribution is 0.0997. The summed E-state index contributed by atoms with van der Waals surface area (Å²) in [5.74, 6) is -0.553. The molecule has 5 nitrogen and oxygen atoms in total. The summed E-state index contributed by atoms with van der Waals surface area (Å²) in [6.07, 6.45) is 1.67. The number of halogens is 2. The minimum atomic E-state index is -3.50. The van der Waals surface area contributed by atoms with Gasteiger partial charge in [0.05, 0.1) is 30.4 Å². The maximum atomic E-state index is 12.8. The molecule has 2 aromatic carbocycles. The first-order valence-corrected chi connectivity index (χ1v) is 11.8. The smallest absolute Gasteiger partial charge is 0.279 e. The quantitative estimate of drug-likeness (QED) is 0.487. The van der Waals surface area contributed by atoms with Crippen LogP contribution < -0.4 is 4.80 Å². The number of amides is 1. The summed E-state index contributed by atoms with van der Waals surface area (Å²) in [5.41, 5.74) is 0.860. The molecule has 1 amide bonds. The predicted molar refractivity (Wildman–Crippen MR) is 119 cm³/mol. The van der Waals surface area contributed by atoms with Crippen LogP contribution in [0.5, 0.6) is 0 Å². The molecular formula is C20H18Cl2N2O3S2. The first kappa shape index (κ1) is 21.8. The summed E-state index contributed by atoms with van der Waals surface area (Å²) < 4.78 is 27.3. The van der Waals surface area contributed by atoms with Crippen molar-refractivity contribution in [1.82, 2.24) is 4.57 Å². The average molecular weight is 469 g/mol. The standard InChI is InChI=1S/C20H18Cl2N2O3S2/c1-4-10-24-17-15(21)8-9-16(22)18(17)28-20(24)23-19(25)13-6-5-7-14(11-13)29(26,27)12(2)3/h4-9,11-12H,1,10H2,2-3H3. The van der Waals surface area contributed by atoms with Crippen molar-refractivity contribution in [2.75, 3.05) is 0 Å². The van der Waals surface area contributed by atoms with Gasteiger partial charge in [-0.25, -0.2) is 8.42 Å². The van der Waals surface area contributed by atoms with Crippen LogP contribution in [-0.4, -0.2) is 24.1 Å². The fraction of sp³-hybridized carbons (Fsp3) is 0.200. The number of hydrogen-bond donors (Lipinski definition) is 0. The molecule has 152 valence electrons. The van der Waals surface area contributed by atoms with E-state index in [4.69, 9.17) is 23.2 Å². The van der Waals surface area contributed by atoms with Crippen molar-refractivity contribution in [3.63, 3.8) is 0 Å². The highest BCUT2D eigenvalue weighted by molar-refractivity contribution is 7.92. The highest BCUT2D eigenvalue weighted by Crippen LogP contribution is 2.32. The van der Waals surface area contributed by atoms with Crippen molar-refractivity contribution in [2.24, 2.45) is 4.99 Å². The predicted octanol–water partition coefficient (Wildman–Crippen LogP) is 5.12. The molecule has 0 spiro atoms. The molecule has 0 radical (unpaired) electrons. The van der Waals surface area contributed by atoms with Gasteiger partial charge in [-0.1, -0.05) is 46.7 Å². The van der Waals surface area contributed by atoms with Gasteiger partial charge in [0.1, 0.15) is 0 Å². The molecule has 1 aromatic heterocycles. The number of fused-ring (bicyclic) bond motifs is 1. The summed E-state index contributed by atoms with van der Waals surface area (Å²) in [4.78, 5) is 17.5. The Labute approximate surface area is 182 Å². The third-order valence-electron chi connectivity index (χ3n) is 4.27. The van der Waals surface area contributed by atoms with Crippen molar-refractivity contribution in [1.29, 1.82) is 0 Å². The van der Waals surface area contributed by atoms with E-state index in [1.165, 1.54) is 35.6 Å². The molecule has 0 N–H and O–H groups in total. The number of nitrogens with zero attached hydrogens (tertiary/aromatic N) is 2. The van der Waals surface area contributed by atoms with Crippen molar-refractivity contribution >= 4 is 60.5 Å². The molecule has 3 aromatic rings. The molecule has 0 atom stereocenters. The minimum Gasteiger partial charge on any atom is -0.311 e. The van der Waals surface area contributed by atoms with Crippen LogP contribution >= 0.6 is 34.5 Å². The van der Waals surface area contributed by atoms with Crippen molar-refractivity contribution in [3.05, 3.63) is 69.5 Å². The highest BCUT2D eigenvalue weighted by Gasteiger charge is 2.20. The molecule has 0 fully saturated rings. The zero-order valence-electron chi connectivity index (χ0n) is 15.7. The van der Waals surface area contributed by atoms with E-state index in [-0.39, 0.29) is 10.5 Å². The molecule has 0 unspecified atom stereocenters. The number of rotatable bonds is 5. The SMILES string of the molecule is C=CCn1c(=NC(=O)c2cccc(S(=O)(=O)C(C)C)c2)sc2c(Cl)ccc(Cl)c21. The Bertz CT molecular complexity index is 1290. The third kappa shape index (κ3) is 4.19. The van der Waals surface area contributed by atoms with E-state index in [1.54, 1.807) is 36.6 Å². The van der Waals surface area contributed by atoms with E-state index in [0.717, 1.165) is 0 Å². The molecule has 0 saturated heterocycles. The monoisotopic (exact) mass is 468 g/mol. The number of thiazole rings is 1. The lowest BCUT2D eigenvalue weighted by atomic mass is 10.2. The van der Waals surface area contributed by atoms with E-state index in [9.17, 15) is 13.2 Å². The van der Waals surface area contributed by atoms with Gasteiger partial charge in [-0.15, -0.1) is 6.58 Å². The van der Waals surface area contributed by atoms with Crippen LogP contribution in [0.3, 0.4) is 0 Å². The van der Waals surface area contributed by atoms with Crippen LogP contribution in [-0.2, 0) is 16.4 Å².